The van der Waals surface area contributed by atoms with E-state index in [1.807, 2.05) is 31.2 Å². The zero-order chi connectivity index (χ0) is 12.3. The third kappa shape index (κ3) is 2.35. The van der Waals surface area contributed by atoms with E-state index in [4.69, 9.17) is 15.0 Å². The molecule has 2 aromatic rings. The van der Waals surface area contributed by atoms with Crippen LogP contribution in [0.1, 0.15) is 24.5 Å². The van der Waals surface area contributed by atoms with E-state index in [1.165, 1.54) is 0 Å². The lowest BCUT2D eigenvalue weighted by Crippen LogP contribution is -2.00. The molecule has 0 aliphatic carbocycles. The van der Waals surface area contributed by atoms with Gasteiger partial charge in [-0.1, -0.05) is 29.4 Å². The normalized spacial score (nSPS) is 12.6. The Kier molecular flexibility index (Phi) is 3.51. The summed E-state index contributed by atoms with van der Waals surface area (Å²) in [5, 5.41) is 3.91. The molecule has 5 heteroatoms. The summed E-state index contributed by atoms with van der Waals surface area (Å²) in [6, 6.07) is 7.82. The predicted molar refractivity (Wildman–Crippen MR) is 63.0 cm³/mol. The van der Waals surface area contributed by atoms with Crippen molar-refractivity contribution in [3.63, 3.8) is 0 Å². The summed E-state index contributed by atoms with van der Waals surface area (Å²) in [4.78, 5) is 4.22. The van der Waals surface area contributed by atoms with Gasteiger partial charge in [0.25, 0.3) is 0 Å². The lowest BCUT2D eigenvalue weighted by molar-refractivity contribution is 0.120. The Morgan fingerprint density at radius 3 is 2.82 bits per heavy atom. The van der Waals surface area contributed by atoms with Crippen molar-refractivity contribution in [2.24, 2.45) is 5.73 Å². The number of nitrogens with zero attached hydrogens (tertiary/aromatic N) is 2. The molecule has 2 N–H and O–H groups in total. The predicted octanol–water partition coefficient (Wildman–Crippen LogP) is 1.90. The highest BCUT2D eigenvalue weighted by molar-refractivity contribution is 5.60. The van der Waals surface area contributed by atoms with Crippen molar-refractivity contribution in [3.05, 3.63) is 35.7 Å². The fourth-order valence-electron chi connectivity index (χ4n) is 1.63. The maximum absolute atomic E-state index is 5.44. The van der Waals surface area contributed by atoms with Crippen LogP contribution in [0.3, 0.4) is 0 Å². The zero-order valence-corrected chi connectivity index (χ0v) is 9.88. The molecule has 0 saturated heterocycles. The van der Waals surface area contributed by atoms with Crippen LogP contribution in [0.2, 0.25) is 0 Å². The molecule has 17 heavy (non-hydrogen) atoms. The first kappa shape index (κ1) is 11.8. The molecule has 5 nitrogen and oxygen atoms in total. The fourth-order valence-corrected chi connectivity index (χ4v) is 1.63. The molecular weight excluding hydrogens is 218 g/mol. The number of hydrogen-bond donors (Lipinski definition) is 1. The topological polar surface area (TPSA) is 74.2 Å². The summed E-state index contributed by atoms with van der Waals surface area (Å²) in [7, 11) is 1.67. The average Bonchev–Trinajstić information content (AvgIpc) is 2.86. The Bertz CT molecular complexity index is 496. The van der Waals surface area contributed by atoms with Gasteiger partial charge in [0.15, 0.2) is 0 Å². The number of rotatable bonds is 4. The second-order valence-corrected chi connectivity index (χ2v) is 3.68. The fraction of sp³-hybridized carbons (Fsp3) is 0.333. The monoisotopic (exact) mass is 233 g/mol. The molecule has 90 valence electrons. The minimum absolute atomic E-state index is 0.0222. The Morgan fingerprint density at radius 2 is 2.18 bits per heavy atom. The minimum atomic E-state index is -0.0222. The molecule has 1 heterocycles. The highest BCUT2D eigenvalue weighted by Crippen LogP contribution is 2.27. The van der Waals surface area contributed by atoms with Gasteiger partial charge in [-0.25, -0.2) is 0 Å². The molecular formula is C12H15N3O2. The van der Waals surface area contributed by atoms with Crippen LogP contribution in [0, 0.1) is 0 Å². The highest BCUT2D eigenvalue weighted by atomic mass is 16.5. The summed E-state index contributed by atoms with van der Waals surface area (Å²) < 4.78 is 10.3. The van der Waals surface area contributed by atoms with Gasteiger partial charge in [-0.15, -0.1) is 0 Å². The van der Waals surface area contributed by atoms with Gasteiger partial charge in [-0.3, -0.25) is 0 Å². The van der Waals surface area contributed by atoms with Crippen molar-refractivity contribution in [1.82, 2.24) is 10.1 Å². The molecule has 1 aromatic carbocycles. The molecule has 1 atom stereocenters. The lowest BCUT2D eigenvalue weighted by Gasteiger charge is -2.12. The van der Waals surface area contributed by atoms with Crippen LogP contribution in [0.4, 0.5) is 0 Å². The molecule has 1 unspecified atom stereocenters. The van der Waals surface area contributed by atoms with Crippen LogP contribution < -0.4 is 5.73 Å². The van der Waals surface area contributed by atoms with E-state index in [0.717, 1.165) is 11.1 Å². The van der Waals surface area contributed by atoms with E-state index in [-0.39, 0.29) is 12.6 Å². The van der Waals surface area contributed by atoms with E-state index >= 15 is 0 Å². The molecule has 1 aromatic heterocycles. The first-order valence-corrected chi connectivity index (χ1v) is 5.41. The molecule has 0 aliphatic heterocycles. The molecule has 0 amide bonds. The molecule has 0 spiro atoms. The summed E-state index contributed by atoms with van der Waals surface area (Å²) in [5.74, 6) is 0.977. The standard InChI is InChI=1S/C12H15N3O2/c1-8(16-2)9-5-3-4-6-10(9)12-14-11(7-13)17-15-12/h3-6,8H,7,13H2,1-2H3. The maximum atomic E-state index is 5.44. The van der Waals surface area contributed by atoms with Crippen molar-refractivity contribution in [3.8, 4) is 11.4 Å². The van der Waals surface area contributed by atoms with Gasteiger partial charge in [0.2, 0.25) is 11.7 Å². The van der Waals surface area contributed by atoms with Gasteiger partial charge in [0.1, 0.15) is 0 Å². The van der Waals surface area contributed by atoms with E-state index in [9.17, 15) is 0 Å². The molecule has 0 bridgehead atoms. The van der Waals surface area contributed by atoms with Gasteiger partial charge in [-0.2, -0.15) is 4.98 Å². The van der Waals surface area contributed by atoms with E-state index < -0.39 is 0 Å². The third-order valence-electron chi connectivity index (χ3n) is 2.64. The number of methoxy groups -OCH3 is 1. The first-order valence-electron chi connectivity index (χ1n) is 5.41. The van der Waals surface area contributed by atoms with Crippen molar-refractivity contribution in [2.75, 3.05) is 7.11 Å². The number of ether oxygens (including phenoxy) is 1. The third-order valence-corrected chi connectivity index (χ3v) is 2.64. The minimum Gasteiger partial charge on any atom is -0.377 e. The molecule has 0 fully saturated rings. The van der Waals surface area contributed by atoms with Crippen molar-refractivity contribution in [2.45, 2.75) is 19.6 Å². The van der Waals surface area contributed by atoms with Gasteiger partial charge in [-0.05, 0) is 12.5 Å². The number of benzene rings is 1. The summed E-state index contributed by atoms with van der Waals surface area (Å²) in [6.45, 7) is 2.22. The Hall–Kier alpha value is -1.72. The quantitative estimate of drug-likeness (QED) is 0.873. The van der Waals surface area contributed by atoms with Crippen molar-refractivity contribution < 1.29 is 9.26 Å². The number of hydrogen-bond acceptors (Lipinski definition) is 5. The average molecular weight is 233 g/mol. The van der Waals surface area contributed by atoms with Crippen molar-refractivity contribution >= 4 is 0 Å². The van der Waals surface area contributed by atoms with Gasteiger partial charge < -0.3 is 15.0 Å². The first-order chi connectivity index (χ1) is 8.26. The van der Waals surface area contributed by atoms with Crippen molar-refractivity contribution in [1.29, 1.82) is 0 Å². The second kappa shape index (κ2) is 5.07. The SMILES string of the molecule is COC(C)c1ccccc1-c1noc(CN)n1. The van der Waals surface area contributed by atoms with Crippen LogP contribution in [0.5, 0.6) is 0 Å². The largest absolute Gasteiger partial charge is 0.377 e. The Morgan fingerprint density at radius 1 is 1.41 bits per heavy atom. The lowest BCUT2D eigenvalue weighted by atomic mass is 10.0. The van der Waals surface area contributed by atoms with Crippen LogP contribution in [0.15, 0.2) is 28.8 Å². The molecule has 0 radical (unpaired) electrons. The van der Waals surface area contributed by atoms with Gasteiger partial charge >= 0.3 is 0 Å². The van der Waals surface area contributed by atoms with Crippen LogP contribution in [-0.4, -0.2) is 17.3 Å². The Balaban J connectivity index is 2.44. The van der Waals surface area contributed by atoms with Gasteiger partial charge in [0.05, 0.1) is 12.6 Å². The highest BCUT2D eigenvalue weighted by Gasteiger charge is 2.15. The van der Waals surface area contributed by atoms with Crippen LogP contribution in [-0.2, 0) is 11.3 Å². The summed E-state index contributed by atoms with van der Waals surface area (Å²) in [6.07, 6.45) is -0.0222. The zero-order valence-electron chi connectivity index (χ0n) is 9.88. The molecule has 2 rings (SSSR count). The summed E-state index contributed by atoms with van der Waals surface area (Å²) >= 11 is 0. The Labute approximate surface area is 99.6 Å². The second-order valence-electron chi connectivity index (χ2n) is 3.68. The smallest absolute Gasteiger partial charge is 0.240 e. The van der Waals surface area contributed by atoms with Gasteiger partial charge in [0, 0.05) is 12.7 Å². The van der Waals surface area contributed by atoms with Crippen LogP contribution >= 0.6 is 0 Å². The molecule has 0 saturated carbocycles. The van der Waals surface area contributed by atoms with E-state index in [2.05, 4.69) is 10.1 Å². The van der Waals surface area contributed by atoms with Crippen LogP contribution in [0.25, 0.3) is 11.4 Å². The summed E-state index contributed by atoms with van der Waals surface area (Å²) in [5.41, 5.74) is 7.38. The van der Waals surface area contributed by atoms with E-state index in [1.54, 1.807) is 7.11 Å². The number of aromatic nitrogens is 2. The maximum Gasteiger partial charge on any atom is 0.240 e. The van der Waals surface area contributed by atoms with E-state index in [0.29, 0.717) is 11.7 Å². The number of nitrogens with two attached hydrogens (primary N) is 1. The molecule has 0 aliphatic rings.